The molecule has 6 aromatic rings. The van der Waals surface area contributed by atoms with Crippen molar-refractivity contribution in [2.45, 2.75) is 52.7 Å². The van der Waals surface area contributed by atoms with Crippen molar-refractivity contribution >= 4 is 11.2 Å². The highest BCUT2D eigenvalue weighted by molar-refractivity contribution is 5.80. The van der Waals surface area contributed by atoms with Crippen LogP contribution in [0.5, 0.6) is 0 Å². The zero-order chi connectivity index (χ0) is 29.1. The maximum absolute atomic E-state index is 13.7. The van der Waals surface area contributed by atoms with Crippen LogP contribution in [-0.2, 0) is 32.5 Å². The van der Waals surface area contributed by atoms with Crippen molar-refractivity contribution in [2.75, 3.05) is 0 Å². The minimum absolute atomic E-state index is 0.294. The molecule has 3 aromatic carbocycles. The van der Waals surface area contributed by atoms with E-state index < -0.39 is 0 Å². The van der Waals surface area contributed by atoms with E-state index in [4.69, 9.17) is 4.98 Å². The van der Waals surface area contributed by atoms with Gasteiger partial charge in [0.25, 0.3) is 5.56 Å². The molecular formula is C32H32N8O2. The number of hydrogen-bond donors (Lipinski definition) is 1. The Hall–Kier alpha value is -5.12. The molecule has 6 rings (SSSR count). The van der Waals surface area contributed by atoms with Crippen molar-refractivity contribution < 1.29 is 0 Å². The zero-order valence-electron chi connectivity index (χ0n) is 23.7. The zero-order valence-corrected chi connectivity index (χ0v) is 23.7. The molecule has 3 heterocycles. The van der Waals surface area contributed by atoms with Crippen LogP contribution in [0.3, 0.4) is 0 Å². The Morgan fingerprint density at radius 2 is 1.50 bits per heavy atom. The lowest BCUT2D eigenvalue weighted by Gasteiger charge is -2.13. The topological polar surface area (TPSA) is 116 Å². The van der Waals surface area contributed by atoms with Gasteiger partial charge in [0.05, 0.1) is 0 Å². The highest BCUT2D eigenvalue weighted by atomic mass is 16.2. The Labute approximate surface area is 242 Å². The standard InChI is InChI=1S/C32H32N8O2/c1-3-10-27-33-30-28(31(41)38(4-2)32(42)39(30)20-19-22-11-6-5-7-12-22)40(27)21-23-15-17-24(18-16-23)25-13-8-9-14-26(25)29-34-36-37-35-29/h5-9,11-18H,3-4,10,19-21H2,1-2H3,(H,34,35,36,37). The summed E-state index contributed by atoms with van der Waals surface area (Å²) in [5.74, 6) is 1.41. The SMILES string of the molecule is CCCc1nc2c(c(=O)n(CC)c(=O)n2CCc2ccccc2)n1Cc1ccc(-c2ccccc2-c2nnn[nH]2)cc1. The Morgan fingerprint density at radius 1 is 0.762 bits per heavy atom. The Balaban J connectivity index is 1.40. The van der Waals surface area contributed by atoms with Gasteiger partial charge in [0, 0.05) is 31.6 Å². The second-order valence-corrected chi connectivity index (χ2v) is 10.2. The van der Waals surface area contributed by atoms with Gasteiger partial charge in [0.15, 0.2) is 17.0 Å². The molecule has 0 radical (unpaired) electrons. The van der Waals surface area contributed by atoms with E-state index in [9.17, 15) is 9.59 Å². The van der Waals surface area contributed by atoms with Gasteiger partial charge in [-0.05, 0) is 52.4 Å². The number of H-pyrrole nitrogens is 1. The summed E-state index contributed by atoms with van der Waals surface area (Å²) < 4.78 is 4.98. The van der Waals surface area contributed by atoms with Crippen LogP contribution >= 0.6 is 0 Å². The fourth-order valence-corrected chi connectivity index (χ4v) is 5.47. The van der Waals surface area contributed by atoms with E-state index >= 15 is 0 Å². The summed E-state index contributed by atoms with van der Waals surface area (Å²) in [5.41, 5.74) is 5.42. The normalized spacial score (nSPS) is 11.4. The van der Waals surface area contributed by atoms with Gasteiger partial charge in [-0.25, -0.2) is 14.9 Å². The number of hydrogen-bond acceptors (Lipinski definition) is 6. The minimum atomic E-state index is -0.316. The molecule has 0 aliphatic rings. The van der Waals surface area contributed by atoms with E-state index in [1.54, 1.807) is 4.57 Å². The quantitative estimate of drug-likeness (QED) is 0.264. The lowest BCUT2D eigenvalue weighted by Crippen LogP contribution is -2.40. The maximum atomic E-state index is 13.7. The van der Waals surface area contributed by atoms with Crippen LogP contribution in [0.4, 0.5) is 0 Å². The number of fused-ring (bicyclic) bond motifs is 1. The molecule has 0 aliphatic carbocycles. The van der Waals surface area contributed by atoms with Gasteiger partial charge in [-0.1, -0.05) is 85.8 Å². The number of nitrogens with one attached hydrogen (secondary N) is 1. The monoisotopic (exact) mass is 560 g/mol. The van der Waals surface area contributed by atoms with Crippen molar-refractivity contribution in [3.8, 4) is 22.5 Å². The summed E-state index contributed by atoms with van der Waals surface area (Å²) in [6, 6.07) is 26.3. The number of benzene rings is 3. The van der Waals surface area contributed by atoms with Crippen LogP contribution in [0.25, 0.3) is 33.7 Å². The number of imidazole rings is 1. The Bertz CT molecular complexity index is 1940. The molecule has 0 spiro atoms. The minimum Gasteiger partial charge on any atom is -0.318 e. The lowest BCUT2D eigenvalue weighted by molar-refractivity contribution is 0.584. The van der Waals surface area contributed by atoms with Crippen molar-refractivity contribution in [1.29, 1.82) is 0 Å². The summed E-state index contributed by atoms with van der Waals surface area (Å²) >= 11 is 0. The third kappa shape index (κ3) is 5.07. The van der Waals surface area contributed by atoms with Crippen molar-refractivity contribution in [2.24, 2.45) is 0 Å². The van der Waals surface area contributed by atoms with Gasteiger partial charge < -0.3 is 4.57 Å². The van der Waals surface area contributed by atoms with Gasteiger partial charge in [-0.3, -0.25) is 13.9 Å². The summed E-state index contributed by atoms with van der Waals surface area (Å²) in [6.07, 6.45) is 2.23. The van der Waals surface area contributed by atoms with E-state index in [1.807, 2.05) is 66.1 Å². The first-order chi connectivity index (χ1) is 20.6. The smallest absolute Gasteiger partial charge is 0.318 e. The molecule has 0 aliphatic heterocycles. The van der Waals surface area contributed by atoms with Gasteiger partial charge in [0.2, 0.25) is 0 Å². The van der Waals surface area contributed by atoms with E-state index in [2.05, 4.69) is 51.8 Å². The van der Waals surface area contributed by atoms with Gasteiger partial charge in [0.1, 0.15) is 5.82 Å². The predicted octanol–water partition coefficient (Wildman–Crippen LogP) is 4.47. The van der Waals surface area contributed by atoms with Crippen molar-refractivity contribution in [1.82, 2.24) is 39.3 Å². The van der Waals surface area contributed by atoms with Crippen LogP contribution in [0.1, 0.15) is 37.2 Å². The lowest BCUT2D eigenvalue weighted by atomic mass is 9.98. The first-order valence-corrected chi connectivity index (χ1v) is 14.3. The summed E-state index contributed by atoms with van der Waals surface area (Å²) in [5, 5.41) is 14.4. The molecule has 0 saturated heterocycles. The Kier molecular flexibility index (Phi) is 7.59. The molecule has 3 aromatic heterocycles. The van der Waals surface area contributed by atoms with E-state index in [0.717, 1.165) is 40.1 Å². The predicted molar refractivity (Wildman–Crippen MR) is 162 cm³/mol. The van der Waals surface area contributed by atoms with Crippen LogP contribution in [0.15, 0.2) is 88.5 Å². The van der Waals surface area contributed by atoms with Crippen LogP contribution < -0.4 is 11.2 Å². The molecule has 10 heteroatoms. The van der Waals surface area contributed by atoms with Crippen LogP contribution in [0, 0.1) is 0 Å². The average molecular weight is 561 g/mol. The third-order valence-electron chi connectivity index (χ3n) is 7.58. The summed E-state index contributed by atoms with van der Waals surface area (Å²) in [7, 11) is 0. The second kappa shape index (κ2) is 11.8. The molecular weight excluding hydrogens is 528 g/mol. The maximum Gasteiger partial charge on any atom is 0.332 e. The molecule has 42 heavy (non-hydrogen) atoms. The average Bonchev–Trinajstić information content (AvgIpc) is 3.68. The van der Waals surface area contributed by atoms with Gasteiger partial charge in [-0.2, -0.15) is 0 Å². The fraction of sp³-hybridized carbons (Fsp3) is 0.250. The van der Waals surface area contributed by atoms with Crippen LogP contribution in [-0.4, -0.2) is 39.3 Å². The van der Waals surface area contributed by atoms with Gasteiger partial charge >= 0.3 is 5.69 Å². The summed E-state index contributed by atoms with van der Waals surface area (Å²) in [6.45, 7) is 5.12. The Morgan fingerprint density at radius 3 is 2.19 bits per heavy atom. The fourth-order valence-electron chi connectivity index (χ4n) is 5.47. The summed E-state index contributed by atoms with van der Waals surface area (Å²) in [4.78, 5) is 32.0. The molecule has 212 valence electrons. The number of tetrazole rings is 1. The van der Waals surface area contributed by atoms with Crippen molar-refractivity contribution in [3.05, 3.63) is 117 Å². The van der Waals surface area contributed by atoms with E-state index in [0.29, 0.717) is 49.5 Å². The van der Waals surface area contributed by atoms with Gasteiger partial charge in [-0.15, -0.1) is 5.10 Å². The molecule has 10 nitrogen and oxygen atoms in total. The number of aryl methyl sites for hydroxylation is 3. The van der Waals surface area contributed by atoms with Crippen molar-refractivity contribution in [3.63, 3.8) is 0 Å². The molecule has 0 atom stereocenters. The highest BCUT2D eigenvalue weighted by Gasteiger charge is 2.21. The van der Waals surface area contributed by atoms with E-state index in [-0.39, 0.29) is 11.2 Å². The third-order valence-corrected chi connectivity index (χ3v) is 7.58. The second-order valence-electron chi connectivity index (χ2n) is 10.2. The molecule has 0 saturated carbocycles. The molecule has 0 amide bonds. The largest absolute Gasteiger partial charge is 0.332 e. The molecule has 0 fully saturated rings. The van der Waals surface area contributed by atoms with Crippen LogP contribution in [0.2, 0.25) is 0 Å². The first-order valence-electron chi connectivity index (χ1n) is 14.3. The number of aromatic nitrogens is 8. The number of nitrogens with zero attached hydrogens (tertiary/aromatic N) is 7. The highest BCUT2D eigenvalue weighted by Crippen LogP contribution is 2.30. The number of rotatable bonds is 10. The van der Waals surface area contributed by atoms with E-state index in [1.165, 1.54) is 4.57 Å². The molecule has 0 unspecified atom stereocenters. The molecule has 0 bridgehead atoms. The molecule has 1 N–H and O–H groups in total. The number of aromatic amines is 1. The first kappa shape index (κ1) is 27.1.